The normalized spacial score (nSPS) is 12.2. The third-order valence-corrected chi connectivity index (χ3v) is 6.56. The van der Waals surface area contributed by atoms with Crippen LogP contribution in [0.5, 0.6) is 0 Å². The van der Waals surface area contributed by atoms with Gasteiger partial charge < -0.3 is 9.72 Å². The van der Waals surface area contributed by atoms with Crippen molar-refractivity contribution in [3.8, 4) is 0 Å². The van der Waals surface area contributed by atoms with E-state index < -0.39 is 16.0 Å². The predicted molar refractivity (Wildman–Crippen MR) is 116 cm³/mol. The van der Waals surface area contributed by atoms with Crippen LogP contribution in [0.15, 0.2) is 45.9 Å². The Morgan fingerprint density at radius 3 is 2.48 bits per heavy atom. The zero-order valence-electron chi connectivity index (χ0n) is 16.5. The van der Waals surface area contributed by atoms with Gasteiger partial charge in [0, 0.05) is 5.39 Å². The number of H-pyrrole nitrogens is 1. The van der Waals surface area contributed by atoms with E-state index in [1.807, 2.05) is 0 Å². The van der Waals surface area contributed by atoms with Crippen molar-refractivity contribution < 1.29 is 17.9 Å². The number of rotatable bonds is 5. The average Bonchev–Trinajstić information content (AvgIpc) is 2.97. The second kappa shape index (κ2) is 7.79. The largest absolute Gasteiger partial charge is 0.461 e. The van der Waals surface area contributed by atoms with Crippen molar-refractivity contribution in [1.82, 2.24) is 9.97 Å². The smallest absolute Gasteiger partial charge is 0.355 e. The molecule has 0 bridgehead atoms. The highest BCUT2D eigenvalue weighted by Gasteiger charge is 2.21. The highest BCUT2D eigenvalue weighted by Crippen LogP contribution is 2.30. The fourth-order valence-electron chi connectivity index (χ4n) is 2.79. The summed E-state index contributed by atoms with van der Waals surface area (Å²) in [4.78, 5) is 19.2. The number of ether oxygens (including phenoxy) is 1. The summed E-state index contributed by atoms with van der Waals surface area (Å²) in [6.45, 7) is 8.16. The number of aromatic nitrogens is 2. The van der Waals surface area contributed by atoms with Gasteiger partial charge in [-0.2, -0.15) is 0 Å². The maximum absolute atomic E-state index is 12.7. The van der Waals surface area contributed by atoms with Crippen molar-refractivity contribution in [2.45, 2.75) is 38.0 Å². The third-order valence-electron chi connectivity index (χ3n) is 4.37. The molecule has 0 aliphatic heterocycles. The van der Waals surface area contributed by atoms with Crippen molar-refractivity contribution >= 4 is 48.6 Å². The maximum Gasteiger partial charge on any atom is 0.355 e. The van der Waals surface area contributed by atoms with E-state index in [-0.39, 0.29) is 28.4 Å². The first-order chi connectivity index (χ1) is 13.5. The van der Waals surface area contributed by atoms with E-state index in [1.165, 1.54) is 6.20 Å². The van der Waals surface area contributed by atoms with E-state index in [1.54, 1.807) is 37.3 Å². The molecule has 2 aromatic heterocycles. The van der Waals surface area contributed by atoms with Gasteiger partial charge >= 0.3 is 5.97 Å². The van der Waals surface area contributed by atoms with Crippen LogP contribution in [0.25, 0.3) is 10.9 Å². The average molecular weight is 480 g/mol. The summed E-state index contributed by atoms with van der Waals surface area (Å²) in [6.07, 6.45) is 1.46. The van der Waals surface area contributed by atoms with E-state index in [4.69, 9.17) is 4.74 Å². The van der Waals surface area contributed by atoms with Crippen LogP contribution >= 0.6 is 15.9 Å². The molecule has 0 saturated heterocycles. The second-order valence-electron chi connectivity index (χ2n) is 7.53. The molecule has 0 atom stereocenters. The van der Waals surface area contributed by atoms with Crippen LogP contribution in [0, 0.1) is 0 Å². The van der Waals surface area contributed by atoms with Crippen LogP contribution in [-0.4, -0.2) is 31.0 Å². The second-order valence-corrected chi connectivity index (χ2v) is 10.0. The molecule has 29 heavy (non-hydrogen) atoms. The summed E-state index contributed by atoms with van der Waals surface area (Å²) >= 11 is 3.37. The number of fused-ring (bicyclic) bond motifs is 1. The molecule has 0 spiro atoms. The number of halogens is 1. The summed E-state index contributed by atoms with van der Waals surface area (Å²) in [5.41, 5.74) is 1.80. The molecule has 3 rings (SSSR count). The first kappa shape index (κ1) is 21.3. The summed E-state index contributed by atoms with van der Waals surface area (Å²) in [5.74, 6) is -0.357. The number of anilines is 1. The summed E-state index contributed by atoms with van der Waals surface area (Å²) in [6, 6.07) is 8.32. The topological polar surface area (TPSA) is 101 Å². The molecule has 0 aliphatic rings. The van der Waals surface area contributed by atoms with E-state index in [0.717, 1.165) is 5.56 Å². The van der Waals surface area contributed by atoms with Crippen LogP contribution in [0.3, 0.4) is 0 Å². The molecule has 9 heteroatoms. The van der Waals surface area contributed by atoms with Gasteiger partial charge in [0.05, 0.1) is 27.7 Å². The van der Waals surface area contributed by atoms with Crippen LogP contribution in [0.2, 0.25) is 0 Å². The number of carbonyl (C=O) groups is 1. The summed E-state index contributed by atoms with van der Waals surface area (Å²) < 4.78 is 33.5. The Morgan fingerprint density at radius 2 is 1.90 bits per heavy atom. The lowest BCUT2D eigenvalue weighted by atomic mass is 9.87. The molecule has 0 amide bonds. The minimum atomic E-state index is -3.80. The van der Waals surface area contributed by atoms with Gasteiger partial charge in [0.25, 0.3) is 10.0 Å². The first-order valence-electron chi connectivity index (χ1n) is 9.00. The number of nitrogens with one attached hydrogen (secondary N) is 2. The number of pyridine rings is 1. The molecule has 3 aromatic rings. The third kappa shape index (κ3) is 4.45. The monoisotopic (exact) mass is 479 g/mol. The molecule has 0 saturated carbocycles. The first-order valence-corrected chi connectivity index (χ1v) is 11.3. The van der Waals surface area contributed by atoms with Gasteiger partial charge in [-0.15, -0.1) is 0 Å². The molecular weight excluding hydrogens is 458 g/mol. The minimum Gasteiger partial charge on any atom is -0.461 e. The standard InChI is InChI=1S/C20H22BrN3O4S/c1-5-28-19(25)18-17(21)14-10-16(22-11-15(14)23-18)24-29(26,27)13-8-6-12(7-9-13)20(2,3)4/h6-11,23H,5H2,1-4H3,(H,22,24). The molecule has 7 nitrogen and oxygen atoms in total. The van der Waals surface area contributed by atoms with Gasteiger partial charge in [0.1, 0.15) is 11.5 Å². The van der Waals surface area contributed by atoms with Crippen LogP contribution in [0.4, 0.5) is 5.82 Å². The number of sulfonamides is 1. The number of aromatic amines is 1. The molecule has 2 heterocycles. The summed E-state index contributed by atoms with van der Waals surface area (Å²) in [5, 5.41) is 0.615. The Balaban J connectivity index is 1.91. The zero-order chi connectivity index (χ0) is 21.4. The zero-order valence-corrected chi connectivity index (χ0v) is 18.9. The van der Waals surface area contributed by atoms with Gasteiger partial charge in [0.15, 0.2) is 0 Å². The number of benzene rings is 1. The minimum absolute atomic E-state index is 0.0699. The Labute approximate surface area is 178 Å². The van der Waals surface area contributed by atoms with Crippen LogP contribution in [0.1, 0.15) is 43.7 Å². The fraction of sp³-hybridized carbons (Fsp3) is 0.300. The summed E-state index contributed by atoms with van der Waals surface area (Å²) in [7, 11) is -3.80. The molecule has 154 valence electrons. The molecule has 2 N–H and O–H groups in total. The lowest BCUT2D eigenvalue weighted by Crippen LogP contribution is -2.15. The van der Waals surface area contributed by atoms with E-state index in [2.05, 4.69) is 51.4 Å². The molecule has 0 fully saturated rings. The Bertz CT molecular complexity index is 1160. The van der Waals surface area contributed by atoms with E-state index in [0.29, 0.717) is 15.4 Å². The van der Waals surface area contributed by atoms with E-state index in [9.17, 15) is 13.2 Å². The fourth-order valence-corrected chi connectivity index (χ4v) is 4.38. The van der Waals surface area contributed by atoms with Crippen LogP contribution in [-0.2, 0) is 20.2 Å². The highest BCUT2D eigenvalue weighted by atomic mass is 79.9. The molecular formula is C20H22BrN3O4S. The quantitative estimate of drug-likeness (QED) is 0.520. The van der Waals surface area contributed by atoms with Crippen LogP contribution < -0.4 is 4.72 Å². The van der Waals surface area contributed by atoms with Crippen molar-refractivity contribution in [3.63, 3.8) is 0 Å². The van der Waals surface area contributed by atoms with Gasteiger partial charge in [0.2, 0.25) is 0 Å². The molecule has 1 aromatic carbocycles. The molecule has 0 unspecified atom stereocenters. The molecule has 0 radical (unpaired) electrons. The van der Waals surface area contributed by atoms with Crippen molar-refractivity contribution in [2.24, 2.45) is 0 Å². The number of esters is 1. The Hall–Kier alpha value is -2.39. The van der Waals surface area contributed by atoms with Gasteiger partial charge in [-0.1, -0.05) is 32.9 Å². The van der Waals surface area contributed by atoms with Crippen molar-refractivity contribution in [3.05, 3.63) is 52.3 Å². The number of hydrogen-bond acceptors (Lipinski definition) is 5. The Morgan fingerprint density at radius 1 is 1.24 bits per heavy atom. The van der Waals surface area contributed by atoms with Gasteiger partial charge in [-0.25, -0.2) is 18.2 Å². The lowest BCUT2D eigenvalue weighted by molar-refractivity contribution is 0.0519. The molecule has 0 aliphatic carbocycles. The predicted octanol–water partition coefficient (Wildman–Crippen LogP) is 4.60. The number of carbonyl (C=O) groups excluding carboxylic acids is 1. The van der Waals surface area contributed by atoms with Crippen molar-refractivity contribution in [1.29, 1.82) is 0 Å². The number of nitrogens with zero attached hydrogens (tertiary/aromatic N) is 1. The number of hydrogen-bond donors (Lipinski definition) is 2. The van der Waals surface area contributed by atoms with E-state index >= 15 is 0 Å². The lowest BCUT2D eigenvalue weighted by Gasteiger charge is -2.19. The SMILES string of the molecule is CCOC(=O)c1[nH]c2cnc(NS(=O)(=O)c3ccc(C(C)(C)C)cc3)cc2c1Br. The van der Waals surface area contributed by atoms with Gasteiger partial charge in [-0.05, 0) is 52.0 Å². The Kier molecular flexibility index (Phi) is 5.73. The highest BCUT2D eigenvalue weighted by molar-refractivity contribution is 9.10. The van der Waals surface area contributed by atoms with Crippen molar-refractivity contribution in [2.75, 3.05) is 11.3 Å². The van der Waals surface area contributed by atoms with Gasteiger partial charge in [-0.3, -0.25) is 4.72 Å². The maximum atomic E-state index is 12.7.